The number of esters is 1. The molecule has 1 N–H and O–H groups in total. The van der Waals surface area contributed by atoms with Crippen molar-refractivity contribution in [1.82, 2.24) is 0 Å². The summed E-state index contributed by atoms with van der Waals surface area (Å²) in [6.07, 6.45) is 20.9. The van der Waals surface area contributed by atoms with Crippen molar-refractivity contribution in [2.45, 2.75) is 110 Å². The molecule has 0 aliphatic rings. The van der Waals surface area contributed by atoms with Gasteiger partial charge in [0.05, 0.1) is 18.9 Å². The molecule has 0 aromatic heterocycles. The zero-order valence-electron chi connectivity index (χ0n) is 17.7. The molecular formula is C23H42O4. The zero-order chi connectivity index (χ0) is 20.2. The summed E-state index contributed by atoms with van der Waals surface area (Å²) >= 11 is 0. The molecule has 27 heavy (non-hydrogen) atoms. The van der Waals surface area contributed by atoms with Crippen molar-refractivity contribution in [2.75, 3.05) is 6.61 Å². The Morgan fingerprint density at radius 2 is 1.33 bits per heavy atom. The number of allylic oxidation sites excluding steroid dienone is 1. The highest BCUT2D eigenvalue weighted by Crippen LogP contribution is 2.14. The van der Waals surface area contributed by atoms with Crippen LogP contribution in [-0.4, -0.2) is 23.7 Å². The van der Waals surface area contributed by atoms with Gasteiger partial charge in [-0.15, -0.1) is 0 Å². The van der Waals surface area contributed by atoms with Crippen molar-refractivity contribution in [3.63, 3.8) is 0 Å². The van der Waals surface area contributed by atoms with E-state index in [0.29, 0.717) is 6.61 Å². The number of hydrogen-bond acceptors (Lipinski definition) is 3. The highest BCUT2D eigenvalue weighted by molar-refractivity contribution is 5.80. The lowest BCUT2D eigenvalue weighted by atomic mass is 10.0. The summed E-state index contributed by atoms with van der Waals surface area (Å²) in [6.45, 7) is 4.52. The monoisotopic (exact) mass is 382 g/mol. The fraction of sp³-hybridized carbons (Fsp3) is 0.826. The lowest BCUT2D eigenvalue weighted by Gasteiger charge is -2.09. The smallest absolute Gasteiger partial charge is 0.313 e. The topological polar surface area (TPSA) is 63.6 Å². The first-order valence-electron chi connectivity index (χ1n) is 11.2. The Kier molecular flexibility index (Phi) is 18.5. The van der Waals surface area contributed by atoms with Crippen molar-refractivity contribution in [3.8, 4) is 0 Å². The fourth-order valence-electron chi connectivity index (χ4n) is 3.09. The second kappa shape index (κ2) is 19.4. The van der Waals surface area contributed by atoms with Crippen LogP contribution in [0.3, 0.4) is 0 Å². The highest BCUT2D eigenvalue weighted by Gasteiger charge is 2.19. The van der Waals surface area contributed by atoms with Gasteiger partial charge in [0.1, 0.15) is 0 Å². The predicted molar refractivity (Wildman–Crippen MR) is 112 cm³/mol. The third kappa shape index (κ3) is 17.8. The Morgan fingerprint density at radius 3 is 1.81 bits per heavy atom. The van der Waals surface area contributed by atoms with E-state index in [4.69, 9.17) is 9.84 Å². The van der Waals surface area contributed by atoms with E-state index < -0.39 is 17.9 Å². The Balaban J connectivity index is 3.67. The van der Waals surface area contributed by atoms with Crippen molar-refractivity contribution >= 4 is 11.9 Å². The van der Waals surface area contributed by atoms with Crippen LogP contribution in [0, 0.1) is 5.92 Å². The van der Waals surface area contributed by atoms with Gasteiger partial charge >= 0.3 is 11.9 Å². The largest absolute Gasteiger partial charge is 0.481 e. The molecular weight excluding hydrogens is 340 g/mol. The summed E-state index contributed by atoms with van der Waals surface area (Å²) < 4.78 is 5.07. The van der Waals surface area contributed by atoms with Gasteiger partial charge < -0.3 is 9.84 Å². The maximum absolute atomic E-state index is 11.9. The number of hydrogen-bond donors (Lipinski definition) is 1. The molecule has 158 valence electrons. The molecule has 4 nitrogen and oxygen atoms in total. The fourth-order valence-corrected chi connectivity index (χ4v) is 3.09. The molecule has 0 spiro atoms. The van der Waals surface area contributed by atoms with Crippen LogP contribution >= 0.6 is 0 Å². The molecule has 0 aromatic carbocycles. The number of carbonyl (C=O) groups excluding carboxylic acids is 1. The van der Waals surface area contributed by atoms with Crippen LogP contribution in [0.1, 0.15) is 110 Å². The maximum Gasteiger partial charge on any atom is 0.313 e. The number of unbranched alkanes of at least 4 members (excludes halogenated alkanes) is 12. The van der Waals surface area contributed by atoms with Crippen LogP contribution in [0.15, 0.2) is 12.2 Å². The van der Waals surface area contributed by atoms with Gasteiger partial charge in [-0.1, -0.05) is 96.6 Å². The standard InChI is InChI=1S/C23H42O4/c1-3-5-6-7-8-9-10-11-12-13-14-15-16-17-18-21(20-22(24)25)23(26)27-19-4-2/h17-18,21H,3-16,19-20H2,1-2H3,(H,24,25)/b18-17+. The number of carboxylic acid groups (broad SMARTS) is 1. The first-order valence-corrected chi connectivity index (χ1v) is 11.2. The van der Waals surface area contributed by atoms with Crippen molar-refractivity contribution < 1.29 is 19.4 Å². The van der Waals surface area contributed by atoms with Gasteiger partial charge in [-0.25, -0.2) is 0 Å². The molecule has 0 amide bonds. The summed E-state index contributed by atoms with van der Waals surface area (Å²) in [6, 6.07) is 0. The first kappa shape index (κ1) is 25.7. The third-order valence-electron chi connectivity index (χ3n) is 4.74. The Hall–Kier alpha value is -1.32. The summed E-state index contributed by atoms with van der Waals surface area (Å²) in [7, 11) is 0. The van der Waals surface area contributed by atoms with E-state index >= 15 is 0 Å². The van der Waals surface area contributed by atoms with Gasteiger partial charge in [-0.3, -0.25) is 9.59 Å². The van der Waals surface area contributed by atoms with Crippen LogP contribution < -0.4 is 0 Å². The molecule has 1 unspecified atom stereocenters. The van der Waals surface area contributed by atoms with Crippen LogP contribution in [0.5, 0.6) is 0 Å². The van der Waals surface area contributed by atoms with E-state index in [-0.39, 0.29) is 6.42 Å². The van der Waals surface area contributed by atoms with Gasteiger partial charge in [-0.2, -0.15) is 0 Å². The average molecular weight is 383 g/mol. The zero-order valence-corrected chi connectivity index (χ0v) is 17.7. The number of aliphatic carboxylic acids is 1. The first-order chi connectivity index (χ1) is 13.1. The van der Waals surface area contributed by atoms with E-state index in [1.165, 1.54) is 70.6 Å². The SMILES string of the molecule is CCCCCCCCCCCCCC/C=C/C(CC(=O)O)C(=O)OCCC. The van der Waals surface area contributed by atoms with Gasteiger partial charge in [0.2, 0.25) is 0 Å². The van der Waals surface area contributed by atoms with Gasteiger partial charge in [0, 0.05) is 0 Å². The van der Waals surface area contributed by atoms with E-state index in [0.717, 1.165) is 19.3 Å². The predicted octanol–water partition coefficient (Wildman–Crippen LogP) is 6.68. The second-order valence-electron chi connectivity index (χ2n) is 7.48. The molecule has 0 bridgehead atoms. The third-order valence-corrected chi connectivity index (χ3v) is 4.74. The maximum atomic E-state index is 11.9. The Bertz CT molecular complexity index is 390. The molecule has 0 aromatic rings. The summed E-state index contributed by atoms with van der Waals surface area (Å²) in [5.74, 6) is -2.06. The minimum Gasteiger partial charge on any atom is -0.481 e. The summed E-state index contributed by atoms with van der Waals surface area (Å²) in [5, 5.41) is 8.93. The van der Waals surface area contributed by atoms with Gasteiger partial charge in [-0.05, 0) is 19.3 Å². The summed E-state index contributed by atoms with van der Waals surface area (Å²) in [4.78, 5) is 22.8. The molecule has 0 rings (SSSR count). The molecule has 1 atom stereocenters. The van der Waals surface area contributed by atoms with Crippen molar-refractivity contribution in [2.24, 2.45) is 5.92 Å². The highest BCUT2D eigenvalue weighted by atomic mass is 16.5. The van der Waals surface area contributed by atoms with Crippen molar-refractivity contribution in [1.29, 1.82) is 0 Å². The minimum absolute atomic E-state index is 0.197. The number of carbonyl (C=O) groups is 2. The van der Waals surface area contributed by atoms with Crippen LogP contribution in [0.4, 0.5) is 0 Å². The van der Waals surface area contributed by atoms with Gasteiger partial charge in [0.15, 0.2) is 0 Å². The molecule has 0 saturated heterocycles. The summed E-state index contributed by atoms with van der Waals surface area (Å²) in [5.41, 5.74) is 0. The molecule has 0 fully saturated rings. The van der Waals surface area contributed by atoms with Crippen LogP contribution in [-0.2, 0) is 14.3 Å². The Morgan fingerprint density at radius 1 is 0.815 bits per heavy atom. The van der Waals surface area contributed by atoms with Crippen LogP contribution in [0.25, 0.3) is 0 Å². The van der Waals surface area contributed by atoms with E-state index in [2.05, 4.69) is 6.92 Å². The quantitative estimate of drug-likeness (QED) is 0.154. The van der Waals surface area contributed by atoms with E-state index in [1.54, 1.807) is 6.08 Å². The molecule has 0 aliphatic heterocycles. The molecule has 0 aliphatic carbocycles. The molecule has 0 saturated carbocycles. The minimum atomic E-state index is -0.969. The van der Waals surface area contributed by atoms with Gasteiger partial charge in [0.25, 0.3) is 0 Å². The number of ether oxygens (including phenoxy) is 1. The van der Waals surface area contributed by atoms with Crippen LogP contribution in [0.2, 0.25) is 0 Å². The molecule has 0 heterocycles. The van der Waals surface area contributed by atoms with Crippen molar-refractivity contribution in [3.05, 3.63) is 12.2 Å². The Labute approximate surface area is 166 Å². The normalized spacial score (nSPS) is 12.4. The lowest BCUT2D eigenvalue weighted by Crippen LogP contribution is -2.19. The van der Waals surface area contributed by atoms with E-state index in [1.807, 2.05) is 13.0 Å². The number of rotatable bonds is 19. The van der Waals surface area contributed by atoms with E-state index in [9.17, 15) is 9.59 Å². The number of carboxylic acids is 1. The average Bonchev–Trinajstić information content (AvgIpc) is 2.65. The second-order valence-corrected chi connectivity index (χ2v) is 7.48. The lowest BCUT2D eigenvalue weighted by molar-refractivity contribution is -0.151. The molecule has 4 heteroatoms. The molecule has 0 radical (unpaired) electrons.